The normalized spacial score (nSPS) is 23.0. The summed E-state index contributed by atoms with van der Waals surface area (Å²) in [5.41, 5.74) is 5.13. The Morgan fingerprint density at radius 3 is 2.72 bits per heavy atom. The third-order valence-corrected chi connectivity index (χ3v) is 8.84. The molecule has 0 saturated carbocycles. The number of fused-ring (bicyclic) bond motifs is 1. The Balaban J connectivity index is 1.56. The molecule has 3 aromatic rings. The molecular weight excluding hydrogens is 594 g/mol. The Labute approximate surface area is 238 Å². The number of hydrogen-bond donors (Lipinski definition) is 4. The van der Waals surface area contributed by atoms with E-state index in [9.17, 15) is 14.7 Å². The van der Waals surface area contributed by atoms with Crippen LogP contribution in [0.4, 0.5) is 5.95 Å². The van der Waals surface area contributed by atoms with Crippen LogP contribution in [0.15, 0.2) is 41.5 Å². The van der Waals surface area contributed by atoms with Crippen molar-refractivity contribution in [2.45, 2.75) is 55.7 Å². The molecule has 17 heteroatoms. The number of nitrogens with two attached hydrogens (primary N) is 1. The molecule has 0 amide bonds. The fraction of sp³-hybridized carbons (Fsp3) is 0.455. The fourth-order valence-electron chi connectivity index (χ4n) is 3.73. The Morgan fingerprint density at radius 1 is 1.36 bits per heavy atom. The van der Waals surface area contributed by atoms with Gasteiger partial charge < -0.3 is 29.4 Å². The minimum atomic E-state index is -3.44. The maximum atomic E-state index is 12.4. The number of nitrogen functional groups attached to an aromatic ring is 1. The average molecular weight is 621 g/mol. The molecule has 3 heterocycles. The molecule has 0 spiro atoms. The molecule has 13 nitrogen and oxygen atoms in total. The number of para-hydroxylation sites is 1. The van der Waals surface area contributed by atoms with Crippen LogP contribution in [0, 0.1) is 0 Å². The Bertz CT molecular complexity index is 1440. The van der Waals surface area contributed by atoms with Gasteiger partial charge in [-0.2, -0.15) is 4.98 Å². The van der Waals surface area contributed by atoms with Gasteiger partial charge in [0, 0.05) is 0 Å². The summed E-state index contributed by atoms with van der Waals surface area (Å²) in [6.45, 7) is 1.24. The van der Waals surface area contributed by atoms with E-state index in [-0.39, 0.29) is 29.8 Å². The average Bonchev–Trinajstić information content (AvgIpc) is 3.36. The number of carbonyl (C=O) groups is 1. The van der Waals surface area contributed by atoms with Crippen LogP contribution in [0.3, 0.4) is 0 Å². The highest BCUT2D eigenvalue weighted by Gasteiger charge is 2.56. The van der Waals surface area contributed by atoms with E-state index in [4.69, 9.17) is 59.3 Å². The summed E-state index contributed by atoms with van der Waals surface area (Å²) in [6, 6.07) is 7.76. The van der Waals surface area contributed by atoms with Gasteiger partial charge in [0.25, 0.3) is 5.56 Å². The number of imidazole rings is 1. The van der Waals surface area contributed by atoms with Crippen LogP contribution in [-0.4, -0.2) is 65.9 Å². The van der Waals surface area contributed by atoms with Crippen molar-refractivity contribution in [1.82, 2.24) is 24.6 Å². The Kier molecular flexibility index (Phi) is 8.89. The Hall–Kier alpha value is -2.29. The molecule has 0 radical (unpaired) electrons. The molecule has 1 saturated heterocycles. The van der Waals surface area contributed by atoms with E-state index in [1.807, 2.05) is 0 Å². The molecule has 1 unspecified atom stereocenters. The lowest BCUT2D eigenvalue weighted by Crippen LogP contribution is -2.39. The maximum Gasteiger partial charge on any atom is 0.323 e. The van der Waals surface area contributed by atoms with Gasteiger partial charge in [-0.15, -0.1) is 0 Å². The third kappa shape index (κ3) is 6.55. The number of H-pyrrole nitrogens is 1. The largest absolute Gasteiger partial charge is 0.462 e. The van der Waals surface area contributed by atoms with Gasteiger partial charge in [-0.25, -0.2) is 10.1 Å². The van der Waals surface area contributed by atoms with Crippen molar-refractivity contribution in [1.29, 1.82) is 0 Å². The zero-order chi connectivity index (χ0) is 28.5. The highest BCUT2D eigenvalue weighted by Crippen LogP contribution is 2.50. The second-order valence-corrected chi connectivity index (χ2v) is 13.5. The number of rotatable bonds is 10. The SMILES string of the molecule is CC(C)OC(=O)[C@H](C)NP(=S)(OC[C@H]1O[C@@H](n2cnc3c(=O)[nH]c(N)nc32)C(Cl)(Cl)[C@@H]1O)Oc1ccccc1. The molecule has 1 aliphatic heterocycles. The van der Waals surface area contributed by atoms with Crippen molar-refractivity contribution in [3.8, 4) is 5.75 Å². The second kappa shape index (κ2) is 11.7. The van der Waals surface area contributed by atoms with Crippen LogP contribution in [-0.2, 0) is 30.6 Å². The lowest BCUT2D eigenvalue weighted by molar-refractivity contribution is -0.149. The molecule has 5 N–H and O–H groups in total. The lowest BCUT2D eigenvalue weighted by atomic mass is 10.2. The van der Waals surface area contributed by atoms with Crippen LogP contribution in [0.25, 0.3) is 11.2 Å². The monoisotopic (exact) mass is 620 g/mol. The summed E-state index contributed by atoms with van der Waals surface area (Å²) >= 11 is 18.7. The number of aliphatic hydroxyl groups excluding tert-OH is 1. The second-order valence-electron chi connectivity index (χ2n) is 8.96. The first-order valence-electron chi connectivity index (χ1n) is 11.7. The molecule has 2 aromatic heterocycles. The number of nitrogens with zero attached hydrogens (tertiary/aromatic N) is 3. The van der Waals surface area contributed by atoms with Gasteiger partial charge in [0.15, 0.2) is 21.7 Å². The fourth-order valence-corrected chi connectivity index (χ4v) is 6.74. The predicted octanol–water partition coefficient (Wildman–Crippen LogP) is 2.38. The zero-order valence-corrected chi connectivity index (χ0v) is 24.2. The van der Waals surface area contributed by atoms with Gasteiger partial charge in [-0.3, -0.25) is 19.1 Å². The van der Waals surface area contributed by atoms with Gasteiger partial charge in [0.1, 0.15) is 24.0 Å². The van der Waals surface area contributed by atoms with Crippen molar-refractivity contribution in [3.63, 3.8) is 0 Å². The summed E-state index contributed by atoms with van der Waals surface area (Å²) < 4.78 is 22.5. The zero-order valence-electron chi connectivity index (χ0n) is 21.0. The van der Waals surface area contributed by atoms with Crippen LogP contribution in [0.1, 0.15) is 27.0 Å². The van der Waals surface area contributed by atoms with Crippen molar-refractivity contribution in [3.05, 3.63) is 47.0 Å². The number of ether oxygens (including phenoxy) is 2. The van der Waals surface area contributed by atoms with Gasteiger partial charge >= 0.3 is 12.6 Å². The lowest BCUT2D eigenvalue weighted by Gasteiger charge is -2.28. The van der Waals surface area contributed by atoms with Crippen LogP contribution < -0.4 is 20.9 Å². The molecule has 1 fully saturated rings. The minimum absolute atomic E-state index is 0.0237. The van der Waals surface area contributed by atoms with Gasteiger partial charge in [0.05, 0.1) is 19.0 Å². The number of aromatic amines is 1. The van der Waals surface area contributed by atoms with E-state index in [1.54, 1.807) is 51.1 Å². The first-order chi connectivity index (χ1) is 18.3. The number of halogens is 2. The molecule has 4 rings (SSSR count). The Morgan fingerprint density at radius 2 is 2.05 bits per heavy atom. The molecule has 5 atom stereocenters. The van der Waals surface area contributed by atoms with Gasteiger partial charge in [0.2, 0.25) is 5.95 Å². The van der Waals surface area contributed by atoms with E-state index >= 15 is 0 Å². The van der Waals surface area contributed by atoms with Crippen molar-refractivity contribution < 1.29 is 28.4 Å². The van der Waals surface area contributed by atoms with E-state index in [1.165, 1.54) is 10.9 Å². The van der Waals surface area contributed by atoms with Crippen LogP contribution in [0.5, 0.6) is 5.75 Å². The van der Waals surface area contributed by atoms with Crippen molar-refractivity contribution >= 4 is 64.7 Å². The van der Waals surface area contributed by atoms with Crippen molar-refractivity contribution in [2.24, 2.45) is 0 Å². The highest BCUT2D eigenvalue weighted by atomic mass is 35.5. The number of hydrogen-bond acceptors (Lipinski definition) is 11. The quantitative estimate of drug-likeness (QED) is 0.148. The third-order valence-electron chi connectivity index (χ3n) is 5.52. The first-order valence-corrected chi connectivity index (χ1v) is 15.1. The maximum absolute atomic E-state index is 12.4. The van der Waals surface area contributed by atoms with Crippen molar-refractivity contribution in [2.75, 3.05) is 12.3 Å². The summed E-state index contributed by atoms with van der Waals surface area (Å²) in [5.74, 6) is -0.310. The number of anilines is 1. The molecule has 0 aliphatic carbocycles. The number of aromatic nitrogens is 4. The van der Waals surface area contributed by atoms with Gasteiger partial charge in [-0.05, 0) is 44.7 Å². The number of alkyl halides is 2. The van der Waals surface area contributed by atoms with Crippen LogP contribution in [0.2, 0.25) is 0 Å². The molecule has 1 aromatic carbocycles. The number of aliphatic hydroxyl groups is 1. The standard InChI is InChI=1S/C22H27Cl2N6O7PS/c1-11(2)35-19(33)12(3)29-38(39,37-13-7-5-4-6-8-13)34-9-14-16(31)22(23,24)20(36-14)30-10-26-15-17(30)27-21(25)28-18(15)32/h4-8,10-12,14,16,20,31H,9H2,1-3H3,(H,29,39)(H3,25,27,28,32)/t12-,14+,16+,20+,38?/m0/s1. The van der Waals surface area contributed by atoms with E-state index in [2.05, 4.69) is 20.0 Å². The summed E-state index contributed by atoms with van der Waals surface area (Å²) in [5, 5.41) is 13.9. The first kappa shape index (κ1) is 29.7. The summed E-state index contributed by atoms with van der Waals surface area (Å²) in [7, 11) is 0. The summed E-state index contributed by atoms with van der Waals surface area (Å²) in [6.07, 6.45) is -2.91. The molecule has 212 valence electrons. The predicted molar refractivity (Wildman–Crippen MR) is 148 cm³/mol. The smallest absolute Gasteiger partial charge is 0.323 e. The number of carbonyl (C=O) groups excluding carboxylic acids is 1. The highest BCUT2D eigenvalue weighted by molar-refractivity contribution is 8.09. The van der Waals surface area contributed by atoms with E-state index < -0.39 is 47.0 Å². The molecule has 39 heavy (non-hydrogen) atoms. The number of esters is 1. The molecule has 0 bridgehead atoms. The summed E-state index contributed by atoms with van der Waals surface area (Å²) in [4.78, 5) is 35.1. The van der Waals surface area contributed by atoms with E-state index in [0.29, 0.717) is 5.75 Å². The number of benzene rings is 1. The van der Waals surface area contributed by atoms with E-state index in [0.717, 1.165) is 0 Å². The topological polar surface area (TPSA) is 176 Å². The minimum Gasteiger partial charge on any atom is -0.462 e. The number of nitrogens with one attached hydrogen (secondary N) is 2. The van der Waals surface area contributed by atoms with Crippen LogP contribution >= 0.6 is 29.8 Å². The molecule has 1 aliphatic rings. The molecular formula is C22H27Cl2N6O7PS. The van der Waals surface area contributed by atoms with Gasteiger partial charge in [-0.1, -0.05) is 41.4 Å².